The summed E-state index contributed by atoms with van der Waals surface area (Å²) in [5, 5.41) is 3.66. The first kappa shape index (κ1) is 15.3. The molecule has 1 aromatic carbocycles. The van der Waals surface area contributed by atoms with Gasteiger partial charge in [0, 0.05) is 31.7 Å². The summed E-state index contributed by atoms with van der Waals surface area (Å²) in [6.45, 7) is 10.3. The van der Waals surface area contributed by atoms with Crippen molar-refractivity contribution in [2.24, 2.45) is 5.92 Å². The van der Waals surface area contributed by atoms with Gasteiger partial charge in [-0.15, -0.1) is 0 Å². The normalized spacial score (nSPS) is 23.3. The molecule has 0 radical (unpaired) electrons. The van der Waals surface area contributed by atoms with E-state index in [1.54, 1.807) is 7.11 Å². The quantitative estimate of drug-likeness (QED) is 0.894. The number of piperazine rings is 1. The molecule has 112 valence electrons. The Balaban J connectivity index is 2.01. The van der Waals surface area contributed by atoms with Gasteiger partial charge in [0.1, 0.15) is 5.75 Å². The highest BCUT2D eigenvalue weighted by Crippen LogP contribution is 2.25. The van der Waals surface area contributed by atoms with Crippen LogP contribution in [0, 0.1) is 5.92 Å². The highest BCUT2D eigenvalue weighted by Gasteiger charge is 2.26. The minimum atomic E-state index is 0.467. The number of benzene rings is 1. The molecule has 3 atom stereocenters. The fourth-order valence-electron chi connectivity index (χ4n) is 2.91. The molecule has 3 nitrogen and oxygen atoms in total. The first-order valence-electron chi connectivity index (χ1n) is 7.77. The van der Waals surface area contributed by atoms with Gasteiger partial charge in [-0.05, 0) is 30.5 Å². The lowest BCUT2D eigenvalue weighted by Gasteiger charge is -2.40. The van der Waals surface area contributed by atoms with Gasteiger partial charge in [-0.25, -0.2) is 0 Å². The van der Waals surface area contributed by atoms with Crippen LogP contribution in [-0.4, -0.2) is 37.7 Å². The fourth-order valence-corrected chi connectivity index (χ4v) is 2.91. The third kappa shape index (κ3) is 3.53. The van der Waals surface area contributed by atoms with Crippen LogP contribution in [0.4, 0.5) is 0 Å². The number of nitrogens with zero attached hydrogens (tertiary/aromatic N) is 1. The van der Waals surface area contributed by atoms with Gasteiger partial charge in [-0.3, -0.25) is 4.90 Å². The molecule has 1 fully saturated rings. The van der Waals surface area contributed by atoms with Gasteiger partial charge in [0.25, 0.3) is 0 Å². The summed E-state index contributed by atoms with van der Waals surface area (Å²) in [6, 6.07) is 9.57. The lowest BCUT2D eigenvalue weighted by atomic mass is 9.95. The molecule has 0 amide bonds. The van der Waals surface area contributed by atoms with Crippen molar-refractivity contribution in [2.75, 3.05) is 26.7 Å². The summed E-state index contributed by atoms with van der Waals surface area (Å²) in [5.41, 5.74) is 1.37. The Morgan fingerprint density at radius 3 is 2.60 bits per heavy atom. The molecule has 1 saturated heterocycles. The second-order valence-corrected chi connectivity index (χ2v) is 5.89. The minimum Gasteiger partial charge on any atom is -0.497 e. The summed E-state index contributed by atoms with van der Waals surface area (Å²) in [5.74, 6) is 1.67. The average Bonchev–Trinajstić information content (AvgIpc) is 2.53. The van der Waals surface area contributed by atoms with Crippen molar-refractivity contribution in [1.29, 1.82) is 0 Å². The van der Waals surface area contributed by atoms with E-state index >= 15 is 0 Å². The largest absolute Gasteiger partial charge is 0.497 e. The first-order chi connectivity index (χ1) is 9.65. The number of hydrogen-bond acceptors (Lipinski definition) is 3. The lowest BCUT2D eigenvalue weighted by Crippen LogP contribution is -2.53. The minimum absolute atomic E-state index is 0.467. The summed E-state index contributed by atoms with van der Waals surface area (Å²) in [4.78, 5) is 2.59. The second kappa shape index (κ2) is 7.09. The van der Waals surface area contributed by atoms with Crippen LogP contribution >= 0.6 is 0 Å². The maximum absolute atomic E-state index is 5.23. The molecule has 1 aromatic rings. The molecule has 0 aromatic heterocycles. The molecule has 0 bridgehead atoms. The monoisotopic (exact) mass is 276 g/mol. The van der Waals surface area contributed by atoms with Crippen molar-refractivity contribution >= 4 is 0 Å². The average molecular weight is 276 g/mol. The Morgan fingerprint density at radius 1 is 1.30 bits per heavy atom. The van der Waals surface area contributed by atoms with Crippen molar-refractivity contribution in [3.05, 3.63) is 29.8 Å². The van der Waals surface area contributed by atoms with Crippen LogP contribution in [0.1, 0.15) is 38.8 Å². The standard InChI is InChI=1S/C17H28N2O/c1-5-13(2)17-12-19(11-10-18-17)14(3)15-6-8-16(20-4)9-7-15/h6-9,13-14,17-18H,5,10-12H2,1-4H3. The number of rotatable bonds is 5. The maximum Gasteiger partial charge on any atom is 0.118 e. The van der Waals surface area contributed by atoms with Crippen LogP contribution < -0.4 is 10.1 Å². The molecule has 3 heteroatoms. The van der Waals surface area contributed by atoms with E-state index in [1.807, 2.05) is 0 Å². The molecule has 2 rings (SSSR count). The molecular weight excluding hydrogens is 248 g/mol. The van der Waals surface area contributed by atoms with Gasteiger partial charge in [-0.2, -0.15) is 0 Å². The van der Waals surface area contributed by atoms with Gasteiger partial charge in [-0.1, -0.05) is 32.4 Å². The molecular formula is C17H28N2O. The maximum atomic E-state index is 5.23. The van der Waals surface area contributed by atoms with Crippen molar-refractivity contribution in [1.82, 2.24) is 10.2 Å². The number of methoxy groups -OCH3 is 1. The lowest BCUT2D eigenvalue weighted by molar-refractivity contribution is 0.130. The van der Waals surface area contributed by atoms with E-state index in [2.05, 4.69) is 55.3 Å². The van der Waals surface area contributed by atoms with Crippen LogP contribution in [0.15, 0.2) is 24.3 Å². The first-order valence-corrected chi connectivity index (χ1v) is 7.77. The van der Waals surface area contributed by atoms with E-state index in [4.69, 9.17) is 4.74 Å². The summed E-state index contributed by atoms with van der Waals surface area (Å²) >= 11 is 0. The topological polar surface area (TPSA) is 24.5 Å². The Labute approximate surface area is 123 Å². The van der Waals surface area contributed by atoms with Crippen molar-refractivity contribution in [3.8, 4) is 5.75 Å². The third-order valence-corrected chi connectivity index (χ3v) is 4.71. The summed E-state index contributed by atoms with van der Waals surface area (Å²) < 4.78 is 5.23. The number of nitrogens with one attached hydrogen (secondary N) is 1. The molecule has 1 aliphatic rings. The van der Waals surface area contributed by atoms with Gasteiger partial charge in [0.05, 0.1) is 7.11 Å². The van der Waals surface area contributed by atoms with Crippen LogP contribution in [0.25, 0.3) is 0 Å². The Hall–Kier alpha value is -1.06. The molecule has 1 heterocycles. The molecule has 1 N–H and O–H groups in total. The molecule has 20 heavy (non-hydrogen) atoms. The predicted octanol–water partition coefficient (Wildman–Crippen LogP) is 3.08. The fraction of sp³-hybridized carbons (Fsp3) is 0.647. The predicted molar refractivity (Wildman–Crippen MR) is 84.2 cm³/mol. The molecule has 1 aliphatic heterocycles. The van der Waals surface area contributed by atoms with E-state index in [1.165, 1.54) is 12.0 Å². The Kier molecular flexibility index (Phi) is 5.44. The van der Waals surface area contributed by atoms with E-state index < -0.39 is 0 Å². The van der Waals surface area contributed by atoms with Crippen molar-refractivity contribution in [2.45, 2.75) is 39.3 Å². The van der Waals surface area contributed by atoms with Crippen LogP contribution in [0.2, 0.25) is 0 Å². The smallest absolute Gasteiger partial charge is 0.118 e. The van der Waals surface area contributed by atoms with E-state index in [9.17, 15) is 0 Å². The van der Waals surface area contributed by atoms with E-state index in [0.717, 1.165) is 31.3 Å². The van der Waals surface area contributed by atoms with Crippen molar-refractivity contribution < 1.29 is 4.74 Å². The zero-order valence-electron chi connectivity index (χ0n) is 13.2. The van der Waals surface area contributed by atoms with Gasteiger partial charge < -0.3 is 10.1 Å². The van der Waals surface area contributed by atoms with Gasteiger partial charge in [0.2, 0.25) is 0 Å². The van der Waals surface area contributed by atoms with Crippen LogP contribution in [-0.2, 0) is 0 Å². The highest BCUT2D eigenvalue weighted by atomic mass is 16.5. The Morgan fingerprint density at radius 2 is 2.00 bits per heavy atom. The van der Waals surface area contributed by atoms with Crippen LogP contribution in [0.5, 0.6) is 5.75 Å². The van der Waals surface area contributed by atoms with Crippen molar-refractivity contribution in [3.63, 3.8) is 0 Å². The van der Waals surface area contributed by atoms with Gasteiger partial charge >= 0.3 is 0 Å². The van der Waals surface area contributed by atoms with E-state index in [-0.39, 0.29) is 0 Å². The van der Waals surface area contributed by atoms with Gasteiger partial charge in [0.15, 0.2) is 0 Å². The SMILES string of the molecule is CCC(C)C1CN(C(C)c2ccc(OC)cc2)CCN1. The molecule has 0 aliphatic carbocycles. The zero-order valence-corrected chi connectivity index (χ0v) is 13.2. The number of hydrogen-bond donors (Lipinski definition) is 1. The number of ether oxygens (including phenoxy) is 1. The summed E-state index contributed by atoms with van der Waals surface area (Å²) in [7, 11) is 1.71. The second-order valence-electron chi connectivity index (χ2n) is 5.89. The highest BCUT2D eigenvalue weighted by molar-refractivity contribution is 5.29. The van der Waals surface area contributed by atoms with E-state index in [0.29, 0.717) is 12.1 Å². The zero-order chi connectivity index (χ0) is 14.5. The molecule has 0 spiro atoms. The third-order valence-electron chi connectivity index (χ3n) is 4.71. The Bertz CT molecular complexity index is 404. The molecule has 3 unspecified atom stereocenters. The summed E-state index contributed by atoms with van der Waals surface area (Å²) in [6.07, 6.45) is 1.24. The van der Waals surface area contributed by atoms with Crippen LogP contribution in [0.3, 0.4) is 0 Å². The molecule has 0 saturated carbocycles.